The van der Waals surface area contributed by atoms with Crippen molar-refractivity contribution in [2.24, 2.45) is 0 Å². The molecule has 2 rings (SSSR count). The van der Waals surface area contributed by atoms with Crippen LogP contribution in [0.5, 0.6) is 5.75 Å². The predicted molar refractivity (Wildman–Crippen MR) is 56.7 cm³/mol. The summed E-state index contributed by atoms with van der Waals surface area (Å²) in [6, 6.07) is 5.13. The zero-order valence-electron chi connectivity index (χ0n) is 8.00. The van der Waals surface area contributed by atoms with Gasteiger partial charge in [0.15, 0.2) is 0 Å². The number of amides is 1. The molecule has 0 fully saturated rings. The minimum atomic E-state index is -0.522. The van der Waals surface area contributed by atoms with Crippen LogP contribution in [-0.2, 0) is 4.79 Å². The number of nitrogens with one attached hydrogen (secondary N) is 1. The Hall–Kier alpha value is -1.16. The van der Waals surface area contributed by atoms with E-state index in [2.05, 4.69) is 5.32 Å². The van der Waals surface area contributed by atoms with E-state index in [-0.39, 0.29) is 11.7 Å². The second-order valence-corrected chi connectivity index (χ2v) is 5.35. The summed E-state index contributed by atoms with van der Waals surface area (Å²) in [6.45, 7) is 3.67. The second kappa shape index (κ2) is 2.92. The molecular formula is C10H11NO2S. The highest BCUT2D eigenvalue weighted by atomic mass is 32.2. The molecule has 1 aliphatic heterocycles. The summed E-state index contributed by atoms with van der Waals surface area (Å²) in [5, 5.41) is 12.4. The molecule has 4 heteroatoms. The number of benzene rings is 1. The van der Waals surface area contributed by atoms with E-state index in [4.69, 9.17) is 0 Å². The summed E-state index contributed by atoms with van der Waals surface area (Å²) in [4.78, 5) is 12.3. The normalized spacial score (nSPS) is 18.6. The van der Waals surface area contributed by atoms with E-state index < -0.39 is 4.75 Å². The first-order valence-electron chi connectivity index (χ1n) is 4.33. The SMILES string of the molecule is CC1(C)Sc2c(O)cccc2NC1=O. The molecule has 0 atom stereocenters. The maximum atomic E-state index is 11.6. The van der Waals surface area contributed by atoms with Crippen molar-refractivity contribution >= 4 is 23.4 Å². The Balaban J connectivity index is 2.51. The van der Waals surface area contributed by atoms with Gasteiger partial charge in [-0.2, -0.15) is 0 Å². The largest absolute Gasteiger partial charge is 0.507 e. The molecule has 0 aliphatic carbocycles. The Labute approximate surface area is 86.5 Å². The summed E-state index contributed by atoms with van der Waals surface area (Å²) in [5.74, 6) is 0.196. The number of rotatable bonds is 0. The Bertz CT molecular complexity index is 401. The van der Waals surface area contributed by atoms with Crippen LogP contribution < -0.4 is 5.32 Å². The summed E-state index contributed by atoms with van der Waals surface area (Å²) < 4.78 is -0.522. The van der Waals surface area contributed by atoms with Gasteiger partial charge in [0.25, 0.3) is 0 Å². The van der Waals surface area contributed by atoms with Gasteiger partial charge in [0.05, 0.1) is 15.3 Å². The van der Waals surface area contributed by atoms with Gasteiger partial charge in [-0.3, -0.25) is 4.79 Å². The summed E-state index contributed by atoms with van der Waals surface area (Å²) in [7, 11) is 0. The summed E-state index contributed by atoms with van der Waals surface area (Å²) >= 11 is 1.39. The van der Waals surface area contributed by atoms with Crippen LogP contribution in [0.15, 0.2) is 23.1 Å². The van der Waals surface area contributed by atoms with Gasteiger partial charge in [0.2, 0.25) is 5.91 Å². The molecule has 0 radical (unpaired) electrons. The first-order valence-corrected chi connectivity index (χ1v) is 5.15. The lowest BCUT2D eigenvalue weighted by Crippen LogP contribution is -2.37. The molecule has 2 N–H and O–H groups in total. The molecule has 0 bridgehead atoms. The molecule has 0 saturated carbocycles. The molecule has 1 aliphatic rings. The van der Waals surface area contributed by atoms with E-state index in [9.17, 15) is 9.90 Å². The molecule has 3 nitrogen and oxygen atoms in total. The smallest absolute Gasteiger partial charge is 0.240 e. The average Bonchev–Trinajstić information content (AvgIpc) is 2.09. The topological polar surface area (TPSA) is 49.3 Å². The molecule has 1 amide bonds. The van der Waals surface area contributed by atoms with Gasteiger partial charge >= 0.3 is 0 Å². The van der Waals surface area contributed by atoms with E-state index in [1.165, 1.54) is 11.8 Å². The van der Waals surface area contributed by atoms with Crippen LogP contribution in [0.25, 0.3) is 0 Å². The Morgan fingerprint density at radius 2 is 2.14 bits per heavy atom. The quantitative estimate of drug-likeness (QED) is 0.688. The number of aromatic hydroxyl groups is 1. The summed E-state index contributed by atoms with van der Waals surface area (Å²) in [5.41, 5.74) is 0.694. The highest BCUT2D eigenvalue weighted by Gasteiger charge is 2.35. The molecule has 14 heavy (non-hydrogen) atoms. The van der Waals surface area contributed by atoms with Crippen molar-refractivity contribution in [1.82, 2.24) is 0 Å². The minimum absolute atomic E-state index is 0.0272. The lowest BCUT2D eigenvalue weighted by atomic mass is 10.1. The van der Waals surface area contributed by atoms with Crippen molar-refractivity contribution in [2.45, 2.75) is 23.5 Å². The van der Waals surface area contributed by atoms with Crippen LogP contribution in [0.2, 0.25) is 0 Å². The number of anilines is 1. The minimum Gasteiger partial charge on any atom is -0.507 e. The van der Waals surface area contributed by atoms with Crippen LogP contribution in [0, 0.1) is 0 Å². The fraction of sp³-hybridized carbons (Fsp3) is 0.300. The number of phenolic OH excluding ortho intramolecular Hbond substituents is 1. The molecule has 0 saturated heterocycles. The van der Waals surface area contributed by atoms with Gasteiger partial charge in [0.1, 0.15) is 5.75 Å². The van der Waals surface area contributed by atoms with Crippen molar-refractivity contribution in [3.63, 3.8) is 0 Å². The van der Waals surface area contributed by atoms with Crippen molar-refractivity contribution in [3.05, 3.63) is 18.2 Å². The number of carbonyl (C=O) groups is 1. The summed E-state index contributed by atoms with van der Waals surface area (Å²) in [6.07, 6.45) is 0. The van der Waals surface area contributed by atoms with Crippen molar-refractivity contribution in [2.75, 3.05) is 5.32 Å². The van der Waals surface area contributed by atoms with Crippen LogP contribution in [0.4, 0.5) is 5.69 Å². The van der Waals surface area contributed by atoms with E-state index in [1.807, 2.05) is 13.8 Å². The molecule has 0 aromatic heterocycles. The highest BCUT2D eigenvalue weighted by Crippen LogP contribution is 2.46. The second-order valence-electron chi connectivity index (χ2n) is 3.72. The number of fused-ring (bicyclic) bond motifs is 1. The third kappa shape index (κ3) is 1.35. The van der Waals surface area contributed by atoms with Crippen LogP contribution in [-0.4, -0.2) is 15.8 Å². The Morgan fingerprint density at radius 1 is 1.43 bits per heavy atom. The third-order valence-corrected chi connectivity index (χ3v) is 3.48. The number of hydrogen-bond acceptors (Lipinski definition) is 3. The zero-order chi connectivity index (χ0) is 10.3. The van der Waals surface area contributed by atoms with Crippen LogP contribution >= 0.6 is 11.8 Å². The number of phenols is 1. The molecule has 74 valence electrons. The van der Waals surface area contributed by atoms with Crippen molar-refractivity contribution in [3.8, 4) is 5.75 Å². The predicted octanol–water partition coefficient (Wildman–Crippen LogP) is 2.21. The molecule has 1 heterocycles. The molecule has 1 aromatic carbocycles. The van der Waals surface area contributed by atoms with Gasteiger partial charge in [-0.05, 0) is 26.0 Å². The molecular weight excluding hydrogens is 198 g/mol. The van der Waals surface area contributed by atoms with Crippen LogP contribution in [0.3, 0.4) is 0 Å². The van der Waals surface area contributed by atoms with E-state index in [0.717, 1.165) is 4.90 Å². The fourth-order valence-electron chi connectivity index (χ4n) is 1.30. The molecule has 0 spiro atoms. The number of carbonyl (C=O) groups excluding carboxylic acids is 1. The first-order chi connectivity index (χ1) is 6.50. The number of thioether (sulfide) groups is 1. The van der Waals surface area contributed by atoms with Gasteiger partial charge in [0, 0.05) is 0 Å². The average molecular weight is 209 g/mol. The highest BCUT2D eigenvalue weighted by molar-refractivity contribution is 8.01. The number of hydrogen-bond donors (Lipinski definition) is 2. The van der Waals surface area contributed by atoms with E-state index in [1.54, 1.807) is 18.2 Å². The van der Waals surface area contributed by atoms with Gasteiger partial charge in [-0.1, -0.05) is 6.07 Å². The Morgan fingerprint density at radius 3 is 2.86 bits per heavy atom. The lowest BCUT2D eigenvalue weighted by Gasteiger charge is -2.29. The Kier molecular flexibility index (Phi) is 1.96. The van der Waals surface area contributed by atoms with E-state index >= 15 is 0 Å². The van der Waals surface area contributed by atoms with Crippen molar-refractivity contribution in [1.29, 1.82) is 0 Å². The first kappa shape index (κ1) is 9.40. The standard InChI is InChI=1S/C10H11NO2S/c1-10(2)9(13)11-6-4-3-5-7(12)8(6)14-10/h3-5,12H,1-2H3,(H,11,13). The molecule has 1 aromatic rings. The fourth-order valence-corrected chi connectivity index (χ4v) is 2.36. The maximum Gasteiger partial charge on any atom is 0.240 e. The van der Waals surface area contributed by atoms with Gasteiger partial charge in [-0.15, -0.1) is 11.8 Å². The molecule has 0 unspecified atom stereocenters. The monoisotopic (exact) mass is 209 g/mol. The van der Waals surface area contributed by atoms with E-state index in [0.29, 0.717) is 5.69 Å². The van der Waals surface area contributed by atoms with Gasteiger partial charge in [-0.25, -0.2) is 0 Å². The van der Waals surface area contributed by atoms with Crippen LogP contribution in [0.1, 0.15) is 13.8 Å². The zero-order valence-corrected chi connectivity index (χ0v) is 8.81. The maximum absolute atomic E-state index is 11.6. The lowest BCUT2D eigenvalue weighted by molar-refractivity contribution is -0.117. The van der Waals surface area contributed by atoms with Gasteiger partial charge < -0.3 is 10.4 Å². The van der Waals surface area contributed by atoms with Crippen molar-refractivity contribution < 1.29 is 9.90 Å². The third-order valence-electron chi connectivity index (χ3n) is 2.15.